The molecule has 0 spiro atoms. The molecule has 2 aromatic rings. The lowest BCUT2D eigenvalue weighted by molar-refractivity contribution is -0.137. The molecule has 2 aromatic carbocycles. The molecule has 0 bridgehead atoms. The van der Waals surface area contributed by atoms with Crippen LogP contribution in [0, 0.1) is 0 Å². The van der Waals surface area contributed by atoms with Gasteiger partial charge in [0.1, 0.15) is 17.1 Å². The van der Waals surface area contributed by atoms with Crippen LogP contribution < -0.4 is 16.0 Å². The van der Waals surface area contributed by atoms with E-state index in [1.165, 1.54) is 11.8 Å². The molecule has 3 N–H and O–H groups in total. The second-order valence-electron chi connectivity index (χ2n) is 8.18. The summed E-state index contributed by atoms with van der Waals surface area (Å²) in [5, 5.41) is 8.36. The molecule has 0 aliphatic carbocycles. The van der Waals surface area contributed by atoms with Crippen LogP contribution in [-0.4, -0.2) is 41.4 Å². The highest BCUT2D eigenvalue weighted by Crippen LogP contribution is 2.40. The number of hydrogen-bond acceptors (Lipinski definition) is 6. The van der Waals surface area contributed by atoms with E-state index in [0.717, 1.165) is 18.2 Å². The summed E-state index contributed by atoms with van der Waals surface area (Å²) in [7, 11) is 1.16. The van der Waals surface area contributed by atoms with E-state index in [1.54, 1.807) is 38.1 Å². The second-order valence-corrected chi connectivity index (χ2v) is 8.18. The van der Waals surface area contributed by atoms with Gasteiger partial charge in [-0.15, -0.1) is 0 Å². The van der Waals surface area contributed by atoms with Gasteiger partial charge < -0.3 is 20.7 Å². The first-order valence-corrected chi connectivity index (χ1v) is 10.4. The van der Waals surface area contributed by atoms with Crippen LogP contribution in [0.15, 0.2) is 67.0 Å². The average molecular weight is 463 g/mol. The van der Waals surface area contributed by atoms with Crippen LogP contribution in [0.2, 0.25) is 0 Å². The van der Waals surface area contributed by atoms with Crippen molar-refractivity contribution in [1.29, 1.82) is 0 Å². The topological polar surface area (TPSA) is 117 Å². The van der Waals surface area contributed by atoms with Gasteiger partial charge in [0.25, 0.3) is 11.8 Å². The summed E-state index contributed by atoms with van der Waals surface area (Å²) in [5.74, 6) is -2.16. The van der Waals surface area contributed by atoms with Crippen LogP contribution >= 0.6 is 0 Å². The van der Waals surface area contributed by atoms with E-state index in [2.05, 4.69) is 33.8 Å². The minimum absolute atomic E-state index is 0.164. The molecule has 0 fully saturated rings. The van der Waals surface area contributed by atoms with Gasteiger partial charge in [-0.05, 0) is 37.6 Å². The number of anilines is 2. The smallest absolute Gasteiger partial charge is 0.353 e. The summed E-state index contributed by atoms with van der Waals surface area (Å²) in [4.78, 5) is 50.3. The Bertz CT molecular complexity index is 1210. The van der Waals surface area contributed by atoms with Gasteiger partial charge in [0.15, 0.2) is 0 Å². The van der Waals surface area contributed by atoms with Gasteiger partial charge in [0, 0.05) is 18.2 Å². The van der Waals surface area contributed by atoms with Crippen molar-refractivity contribution in [2.45, 2.75) is 26.4 Å². The highest BCUT2D eigenvalue weighted by molar-refractivity contribution is 6.10. The maximum Gasteiger partial charge on any atom is 0.353 e. The number of carbonyl (C=O) groups excluding carboxylic acids is 4. The zero-order valence-corrected chi connectivity index (χ0v) is 19.4. The lowest BCUT2D eigenvalue weighted by Crippen LogP contribution is -2.57. The standard InChI is InChI=1S/C25H26N4O5/c1-14(24(33)34-6)26-22(31)15(2)29-23(32)20-9-7-8-19(21(20)28-25(29,4)5)17-10-12-18(13-11-17)27-16(3)30/h7-13,28H,1-2H2,3-6H3,(H,26,31)(H,27,30). The minimum Gasteiger partial charge on any atom is -0.464 e. The highest BCUT2D eigenvalue weighted by atomic mass is 16.5. The predicted octanol–water partition coefficient (Wildman–Crippen LogP) is 3.23. The molecule has 0 aromatic heterocycles. The first-order valence-electron chi connectivity index (χ1n) is 10.4. The molecule has 34 heavy (non-hydrogen) atoms. The number of fused-ring (bicyclic) bond motifs is 1. The fourth-order valence-electron chi connectivity index (χ4n) is 3.72. The van der Waals surface area contributed by atoms with E-state index in [-0.39, 0.29) is 17.3 Å². The number of amides is 3. The highest BCUT2D eigenvalue weighted by Gasteiger charge is 2.42. The summed E-state index contributed by atoms with van der Waals surface area (Å²) in [6.07, 6.45) is 0. The van der Waals surface area contributed by atoms with Crippen LogP contribution in [0.5, 0.6) is 0 Å². The Hall–Kier alpha value is -4.40. The lowest BCUT2D eigenvalue weighted by atomic mass is 9.94. The lowest BCUT2D eigenvalue weighted by Gasteiger charge is -2.45. The van der Waals surface area contributed by atoms with Gasteiger partial charge in [-0.2, -0.15) is 0 Å². The molecule has 0 saturated heterocycles. The Morgan fingerprint density at radius 3 is 2.24 bits per heavy atom. The van der Waals surface area contributed by atoms with E-state index >= 15 is 0 Å². The number of esters is 1. The molecule has 1 aliphatic heterocycles. The molecular formula is C25H26N4O5. The molecular weight excluding hydrogens is 436 g/mol. The molecule has 0 atom stereocenters. The molecule has 1 heterocycles. The fourth-order valence-corrected chi connectivity index (χ4v) is 3.72. The number of benzene rings is 2. The van der Waals surface area contributed by atoms with Crippen molar-refractivity contribution in [3.63, 3.8) is 0 Å². The van der Waals surface area contributed by atoms with Gasteiger partial charge in [0.05, 0.1) is 18.4 Å². The van der Waals surface area contributed by atoms with E-state index in [0.29, 0.717) is 16.9 Å². The van der Waals surface area contributed by atoms with E-state index in [4.69, 9.17) is 0 Å². The third kappa shape index (κ3) is 4.68. The first kappa shape index (κ1) is 24.2. The molecule has 1 aliphatic rings. The Kier molecular flexibility index (Phi) is 6.58. The average Bonchev–Trinajstić information content (AvgIpc) is 2.77. The third-order valence-corrected chi connectivity index (χ3v) is 5.23. The molecule has 0 unspecified atom stereocenters. The predicted molar refractivity (Wildman–Crippen MR) is 128 cm³/mol. The number of nitrogens with zero attached hydrogens (tertiary/aromatic N) is 1. The van der Waals surface area contributed by atoms with E-state index in [1.807, 2.05) is 18.2 Å². The number of hydrogen-bond donors (Lipinski definition) is 3. The summed E-state index contributed by atoms with van der Waals surface area (Å²) >= 11 is 0. The van der Waals surface area contributed by atoms with E-state index < -0.39 is 23.4 Å². The van der Waals surface area contributed by atoms with Crippen LogP contribution in [-0.2, 0) is 19.1 Å². The Labute approximate surface area is 197 Å². The van der Waals surface area contributed by atoms with E-state index in [9.17, 15) is 19.2 Å². The van der Waals surface area contributed by atoms with Crippen LogP contribution in [0.1, 0.15) is 31.1 Å². The number of nitrogens with one attached hydrogen (secondary N) is 3. The van der Waals surface area contributed by atoms with Crippen molar-refractivity contribution >= 4 is 35.1 Å². The monoisotopic (exact) mass is 462 g/mol. The quantitative estimate of drug-likeness (QED) is 0.448. The van der Waals surface area contributed by atoms with Gasteiger partial charge in [-0.1, -0.05) is 37.4 Å². The zero-order valence-electron chi connectivity index (χ0n) is 19.4. The Morgan fingerprint density at radius 2 is 1.65 bits per heavy atom. The fraction of sp³-hybridized carbons (Fsp3) is 0.200. The summed E-state index contributed by atoms with van der Waals surface area (Å²) in [5.41, 5.74) is 1.77. The van der Waals surface area contributed by atoms with Gasteiger partial charge >= 0.3 is 5.97 Å². The number of rotatable bonds is 6. The first-order chi connectivity index (χ1) is 16.0. The molecule has 9 nitrogen and oxygen atoms in total. The maximum atomic E-state index is 13.5. The SMILES string of the molecule is C=C(NC(=O)C(=C)N1C(=O)c2cccc(-c3ccc(NC(C)=O)cc3)c2NC1(C)C)C(=O)OC. The van der Waals surface area contributed by atoms with Crippen molar-refractivity contribution in [3.8, 4) is 11.1 Å². The molecule has 3 rings (SSSR count). The van der Waals surface area contributed by atoms with Crippen molar-refractivity contribution in [1.82, 2.24) is 10.2 Å². The molecule has 176 valence electrons. The van der Waals surface area contributed by atoms with Gasteiger partial charge in [-0.3, -0.25) is 19.3 Å². The molecule has 9 heteroatoms. The number of carbonyl (C=O) groups is 4. The normalized spacial score (nSPS) is 13.8. The van der Waals surface area contributed by atoms with Crippen molar-refractivity contribution < 1.29 is 23.9 Å². The summed E-state index contributed by atoms with van der Waals surface area (Å²) < 4.78 is 4.53. The van der Waals surface area contributed by atoms with Crippen LogP contribution in [0.4, 0.5) is 11.4 Å². The number of para-hydroxylation sites is 1. The van der Waals surface area contributed by atoms with Gasteiger partial charge in [0.2, 0.25) is 5.91 Å². The molecule has 0 radical (unpaired) electrons. The summed E-state index contributed by atoms with van der Waals surface area (Å²) in [6.45, 7) is 12.1. The molecule has 3 amide bonds. The van der Waals surface area contributed by atoms with Crippen molar-refractivity contribution in [2.75, 3.05) is 17.7 Å². The van der Waals surface area contributed by atoms with Crippen LogP contribution in [0.3, 0.4) is 0 Å². The number of methoxy groups -OCH3 is 1. The Balaban J connectivity index is 1.94. The molecule has 0 saturated carbocycles. The third-order valence-electron chi connectivity index (χ3n) is 5.23. The zero-order chi connectivity index (χ0) is 25.2. The van der Waals surface area contributed by atoms with Crippen molar-refractivity contribution in [2.24, 2.45) is 0 Å². The van der Waals surface area contributed by atoms with Crippen molar-refractivity contribution in [3.05, 3.63) is 72.6 Å². The summed E-state index contributed by atoms with van der Waals surface area (Å²) in [6, 6.07) is 12.5. The van der Waals surface area contributed by atoms with Crippen LogP contribution in [0.25, 0.3) is 11.1 Å². The maximum absolute atomic E-state index is 13.5. The Morgan fingerprint density at radius 1 is 1.03 bits per heavy atom. The largest absolute Gasteiger partial charge is 0.464 e. The minimum atomic E-state index is -1.03. The van der Waals surface area contributed by atoms with Gasteiger partial charge in [-0.25, -0.2) is 4.79 Å². The second kappa shape index (κ2) is 9.22. The number of ether oxygens (including phenoxy) is 1.